The second kappa shape index (κ2) is 5.94. The van der Waals surface area contributed by atoms with Crippen LogP contribution >= 0.6 is 0 Å². The van der Waals surface area contributed by atoms with Crippen LogP contribution in [0.25, 0.3) is 0 Å². The third kappa shape index (κ3) is 4.44. The van der Waals surface area contributed by atoms with E-state index in [0.717, 1.165) is 12.1 Å². The van der Waals surface area contributed by atoms with Crippen molar-refractivity contribution in [1.82, 2.24) is 4.90 Å². The van der Waals surface area contributed by atoms with Crippen LogP contribution in [0.15, 0.2) is 18.2 Å². The van der Waals surface area contributed by atoms with Gasteiger partial charge in [-0.3, -0.25) is 4.90 Å². The van der Waals surface area contributed by atoms with Gasteiger partial charge < -0.3 is 5.11 Å². The van der Waals surface area contributed by atoms with Crippen LogP contribution in [-0.4, -0.2) is 28.7 Å². The van der Waals surface area contributed by atoms with E-state index in [2.05, 4.69) is 0 Å². The predicted octanol–water partition coefficient (Wildman–Crippen LogP) is 2.29. The molecule has 0 saturated heterocycles. The molecule has 0 saturated carbocycles. The summed E-state index contributed by atoms with van der Waals surface area (Å²) in [4.78, 5) is 2.05. The molecule has 0 atom stereocenters. The van der Waals surface area contributed by atoms with E-state index in [-0.39, 0.29) is 5.56 Å². The molecule has 0 aliphatic carbocycles. The van der Waals surface area contributed by atoms with Crippen molar-refractivity contribution >= 4 is 0 Å². The largest absolute Gasteiger partial charge is 0.389 e. The Morgan fingerprint density at radius 1 is 1.44 bits per heavy atom. The maximum Gasteiger partial charge on any atom is 0.140 e. The number of aliphatic hydroxyl groups is 1. The fourth-order valence-corrected chi connectivity index (χ4v) is 1.84. The first-order valence-corrected chi connectivity index (χ1v) is 5.99. The van der Waals surface area contributed by atoms with E-state index in [9.17, 15) is 9.50 Å². The van der Waals surface area contributed by atoms with Crippen molar-refractivity contribution in [1.29, 1.82) is 5.26 Å². The second-order valence-corrected chi connectivity index (χ2v) is 5.04. The third-order valence-corrected chi connectivity index (χ3v) is 2.62. The Labute approximate surface area is 107 Å². The standard InChI is InChI=1S/C14H19FN2O/c1-4-17(10-14(2,3)18)9-11-5-6-13(15)12(7-11)8-16/h5-7,18H,4,9-10H2,1-3H3. The zero-order chi connectivity index (χ0) is 13.8. The SMILES string of the molecule is CCN(Cc1ccc(F)c(C#N)c1)CC(C)(C)O. The number of likely N-dealkylation sites (N-methyl/N-ethyl adjacent to an activating group) is 1. The Morgan fingerprint density at radius 2 is 2.11 bits per heavy atom. The number of hydrogen-bond acceptors (Lipinski definition) is 3. The van der Waals surface area contributed by atoms with Crippen molar-refractivity contribution in [3.63, 3.8) is 0 Å². The van der Waals surface area contributed by atoms with Crippen molar-refractivity contribution in [2.75, 3.05) is 13.1 Å². The molecular weight excluding hydrogens is 231 g/mol. The van der Waals surface area contributed by atoms with E-state index in [1.165, 1.54) is 6.07 Å². The average Bonchev–Trinajstić information content (AvgIpc) is 2.29. The van der Waals surface area contributed by atoms with Gasteiger partial charge in [0.2, 0.25) is 0 Å². The van der Waals surface area contributed by atoms with Gasteiger partial charge in [-0.05, 0) is 38.1 Å². The van der Waals surface area contributed by atoms with E-state index in [0.29, 0.717) is 13.1 Å². The van der Waals surface area contributed by atoms with Crippen LogP contribution in [0.3, 0.4) is 0 Å². The Bertz CT molecular complexity index is 446. The van der Waals surface area contributed by atoms with Crippen LogP contribution in [-0.2, 0) is 6.54 Å². The highest BCUT2D eigenvalue weighted by Gasteiger charge is 2.17. The van der Waals surface area contributed by atoms with Crippen molar-refractivity contribution in [3.8, 4) is 6.07 Å². The maximum absolute atomic E-state index is 13.2. The molecule has 0 amide bonds. The molecule has 4 heteroatoms. The number of rotatable bonds is 5. The summed E-state index contributed by atoms with van der Waals surface area (Å²) >= 11 is 0. The molecule has 0 unspecified atom stereocenters. The van der Waals surface area contributed by atoms with Crippen molar-refractivity contribution < 1.29 is 9.50 Å². The lowest BCUT2D eigenvalue weighted by molar-refractivity contribution is 0.0353. The van der Waals surface area contributed by atoms with Crippen LogP contribution < -0.4 is 0 Å². The average molecular weight is 250 g/mol. The summed E-state index contributed by atoms with van der Waals surface area (Å²) < 4.78 is 13.2. The first kappa shape index (κ1) is 14.6. The maximum atomic E-state index is 13.2. The molecule has 0 radical (unpaired) electrons. The summed E-state index contributed by atoms with van der Waals surface area (Å²) in [5.41, 5.74) is 0.166. The van der Waals surface area contributed by atoms with Gasteiger partial charge in [-0.2, -0.15) is 5.26 Å². The minimum absolute atomic E-state index is 0.0619. The number of hydrogen-bond donors (Lipinski definition) is 1. The van der Waals surface area contributed by atoms with Crippen LogP contribution in [0.2, 0.25) is 0 Å². The molecule has 0 aromatic heterocycles. The van der Waals surface area contributed by atoms with Gasteiger partial charge in [-0.15, -0.1) is 0 Å². The highest BCUT2D eigenvalue weighted by atomic mass is 19.1. The summed E-state index contributed by atoms with van der Waals surface area (Å²) in [7, 11) is 0. The molecule has 0 bridgehead atoms. The molecule has 0 aliphatic rings. The van der Waals surface area contributed by atoms with Crippen LogP contribution in [0, 0.1) is 17.1 Å². The molecule has 0 aliphatic heterocycles. The van der Waals surface area contributed by atoms with E-state index in [4.69, 9.17) is 5.26 Å². The van der Waals surface area contributed by atoms with E-state index >= 15 is 0 Å². The third-order valence-electron chi connectivity index (χ3n) is 2.62. The van der Waals surface area contributed by atoms with Gasteiger partial charge in [0.25, 0.3) is 0 Å². The summed E-state index contributed by atoms with van der Waals surface area (Å²) in [6.07, 6.45) is 0. The highest BCUT2D eigenvalue weighted by Crippen LogP contribution is 2.13. The topological polar surface area (TPSA) is 47.3 Å². The zero-order valence-corrected chi connectivity index (χ0v) is 11.1. The minimum Gasteiger partial charge on any atom is -0.389 e. The Kier molecular flexibility index (Phi) is 4.83. The van der Waals surface area contributed by atoms with Crippen LogP contribution in [0.1, 0.15) is 31.9 Å². The second-order valence-electron chi connectivity index (χ2n) is 5.04. The quantitative estimate of drug-likeness (QED) is 0.872. The lowest BCUT2D eigenvalue weighted by atomic mass is 10.1. The Morgan fingerprint density at radius 3 is 2.61 bits per heavy atom. The van der Waals surface area contributed by atoms with Gasteiger partial charge in [-0.1, -0.05) is 13.0 Å². The van der Waals surface area contributed by atoms with E-state index in [1.807, 2.05) is 17.9 Å². The van der Waals surface area contributed by atoms with Gasteiger partial charge in [-0.25, -0.2) is 4.39 Å². The van der Waals surface area contributed by atoms with Crippen LogP contribution in [0.5, 0.6) is 0 Å². The fraction of sp³-hybridized carbons (Fsp3) is 0.500. The van der Waals surface area contributed by atoms with Gasteiger partial charge in [0.1, 0.15) is 11.9 Å². The van der Waals surface area contributed by atoms with Gasteiger partial charge in [0.15, 0.2) is 0 Å². The first-order valence-electron chi connectivity index (χ1n) is 5.99. The zero-order valence-electron chi connectivity index (χ0n) is 11.1. The van der Waals surface area contributed by atoms with Gasteiger partial charge in [0.05, 0.1) is 11.2 Å². The molecule has 1 aromatic rings. The smallest absolute Gasteiger partial charge is 0.140 e. The molecule has 98 valence electrons. The van der Waals surface area contributed by atoms with Crippen molar-refractivity contribution in [2.45, 2.75) is 32.9 Å². The van der Waals surface area contributed by atoms with Gasteiger partial charge in [0, 0.05) is 13.1 Å². The van der Waals surface area contributed by atoms with E-state index in [1.54, 1.807) is 26.0 Å². The first-order chi connectivity index (χ1) is 8.35. The van der Waals surface area contributed by atoms with Crippen LogP contribution in [0.4, 0.5) is 4.39 Å². The summed E-state index contributed by atoms with van der Waals surface area (Å²) in [5, 5.41) is 18.6. The number of nitriles is 1. The summed E-state index contributed by atoms with van der Waals surface area (Å²) in [6, 6.07) is 6.37. The minimum atomic E-state index is -0.770. The molecular formula is C14H19FN2O. The monoisotopic (exact) mass is 250 g/mol. The number of halogens is 1. The van der Waals surface area contributed by atoms with E-state index < -0.39 is 11.4 Å². The highest BCUT2D eigenvalue weighted by molar-refractivity contribution is 5.34. The normalized spacial score (nSPS) is 11.6. The number of benzene rings is 1. The number of nitrogens with zero attached hydrogens (tertiary/aromatic N) is 2. The fourth-order valence-electron chi connectivity index (χ4n) is 1.84. The molecule has 0 fully saturated rings. The molecule has 3 nitrogen and oxygen atoms in total. The lowest BCUT2D eigenvalue weighted by Gasteiger charge is -2.28. The van der Waals surface area contributed by atoms with Crippen molar-refractivity contribution in [2.24, 2.45) is 0 Å². The molecule has 0 heterocycles. The summed E-state index contributed by atoms with van der Waals surface area (Å²) in [6.45, 7) is 7.41. The van der Waals surface area contributed by atoms with Crippen molar-refractivity contribution in [3.05, 3.63) is 35.1 Å². The lowest BCUT2D eigenvalue weighted by Crippen LogP contribution is -2.38. The molecule has 18 heavy (non-hydrogen) atoms. The molecule has 0 spiro atoms. The molecule has 1 rings (SSSR count). The summed E-state index contributed by atoms with van der Waals surface area (Å²) in [5.74, 6) is -0.494. The molecule has 1 N–H and O–H groups in total. The Hall–Kier alpha value is -1.44. The molecule has 1 aromatic carbocycles. The Balaban J connectivity index is 2.80. The predicted molar refractivity (Wildman–Crippen MR) is 68.4 cm³/mol. The van der Waals surface area contributed by atoms with Gasteiger partial charge >= 0.3 is 0 Å².